The average molecular weight is 211 g/mol. The van der Waals surface area contributed by atoms with E-state index < -0.39 is 17.8 Å². The molecule has 0 unspecified atom stereocenters. The second-order valence-electron chi connectivity index (χ2n) is 2.74. The van der Waals surface area contributed by atoms with Crippen LogP contribution in [0.1, 0.15) is 11.3 Å². The minimum absolute atomic E-state index is 0.185. The Balaban J connectivity index is 3.23. The summed E-state index contributed by atoms with van der Waals surface area (Å²) >= 11 is 0. The van der Waals surface area contributed by atoms with Gasteiger partial charge < -0.3 is 0 Å². The third-order valence-corrected chi connectivity index (χ3v) is 1.66. The van der Waals surface area contributed by atoms with Crippen LogP contribution in [-0.4, -0.2) is 11.2 Å². The zero-order valence-corrected chi connectivity index (χ0v) is 7.07. The molecule has 0 saturated heterocycles. The maximum atomic E-state index is 12.7. The van der Waals surface area contributed by atoms with Crippen LogP contribution in [0.4, 0.5) is 22.0 Å². The summed E-state index contributed by atoms with van der Waals surface area (Å²) in [6.45, 7) is 1.15. The Bertz CT molecular complexity index is 331. The minimum Gasteiger partial charge on any atom is -0.254 e. The number of rotatable bonds is 1. The lowest BCUT2D eigenvalue weighted by molar-refractivity contribution is -0.291. The van der Waals surface area contributed by atoms with Crippen LogP contribution in [0.25, 0.3) is 0 Å². The Morgan fingerprint density at radius 2 is 1.71 bits per heavy atom. The highest BCUT2D eigenvalue weighted by Crippen LogP contribution is 2.43. The highest BCUT2D eigenvalue weighted by molar-refractivity contribution is 5.23. The van der Waals surface area contributed by atoms with Gasteiger partial charge in [0.2, 0.25) is 0 Å². The predicted octanol–water partition coefficient (Wildman–Crippen LogP) is 3.04. The molecule has 0 N–H and O–H groups in total. The molecule has 1 rings (SSSR count). The Labute approximate surface area is 76.6 Å². The summed E-state index contributed by atoms with van der Waals surface area (Å²) < 4.78 is 61.2. The van der Waals surface area contributed by atoms with Crippen LogP contribution in [0.15, 0.2) is 18.3 Å². The molecule has 0 radical (unpaired) electrons. The summed E-state index contributed by atoms with van der Waals surface area (Å²) in [6.07, 6.45) is -4.70. The maximum absolute atomic E-state index is 12.7. The number of alkyl halides is 5. The topological polar surface area (TPSA) is 12.9 Å². The molecule has 0 fully saturated rings. The van der Waals surface area contributed by atoms with Crippen molar-refractivity contribution in [2.24, 2.45) is 0 Å². The predicted molar refractivity (Wildman–Crippen MR) is 38.9 cm³/mol. The van der Waals surface area contributed by atoms with Gasteiger partial charge in [0.05, 0.1) is 0 Å². The smallest absolute Gasteiger partial charge is 0.254 e. The standard InChI is InChI=1S/C8H6F5N/c1-5-3-2-4-14-6(5)7(9,10)8(11,12)13/h2-4H,1H3. The lowest BCUT2D eigenvalue weighted by atomic mass is 10.1. The molecule has 0 aliphatic heterocycles. The van der Waals surface area contributed by atoms with Crippen molar-refractivity contribution in [1.29, 1.82) is 0 Å². The van der Waals surface area contributed by atoms with Crippen LogP contribution < -0.4 is 0 Å². The molecule has 0 aliphatic carbocycles. The van der Waals surface area contributed by atoms with Crippen molar-refractivity contribution in [3.8, 4) is 0 Å². The Morgan fingerprint density at radius 1 is 1.14 bits per heavy atom. The molecular weight excluding hydrogens is 205 g/mol. The van der Waals surface area contributed by atoms with E-state index in [4.69, 9.17) is 0 Å². The van der Waals surface area contributed by atoms with Gasteiger partial charge in [-0.25, -0.2) is 0 Å². The van der Waals surface area contributed by atoms with Crippen molar-refractivity contribution in [3.63, 3.8) is 0 Å². The van der Waals surface area contributed by atoms with E-state index in [1.165, 1.54) is 6.07 Å². The van der Waals surface area contributed by atoms with Gasteiger partial charge in [0.1, 0.15) is 5.69 Å². The van der Waals surface area contributed by atoms with Gasteiger partial charge in [-0.2, -0.15) is 22.0 Å². The van der Waals surface area contributed by atoms with E-state index >= 15 is 0 Å². The highest BCUT2D eigenvalue weighted by atomic mass is 19.4. The van der Waals surface area contributed by atoms with E-state index in [9.17, 15) is 22.0 Å². The van der Waals surface area contributed by atoms with E-state index in [0.29, 0.717) is 0 Å². The van der Waals surface area contributed by atoms with Crippen LogP contribution >= 0.6 is 0 Å². The molecule has 1 aromatic heterocycles. The van der Waals surface area contributed by atoms with Gasteiger partial charge in [-0.3, -0.25) is 4.98 Å². The third kappa shape index (κ3) is 1.69. The van der Waals surface area contributed by atoms with Gasteiger partial charge in [0.15, 0.2) is 0 Å². The monoisotopic (exact) mass is 211 g/mol. The van der Waals surface area contributed by atoms with Crippen molar-refractivity contribution in [3.05, 3.63) is 29.6 Å². The van der Waals surface area contributed by atoms with Crippen molar-refractivity contribution < 1.29 is 22.0 Å². The molecule has 1 aromatic rings. The van der Waals surface area contributed by atoms with Gasteiger partial charge in [-0.15, -0.1) is 0 Å². The molecule has 0 atom stereocenters. The van der Waals surface area contributed by atoms with E-state index in [-0.39, 0.29) is 5.56 Å². The molecule has 0 aliphatic rings. The number of aryl methyl sites for hydroxylation is 1. The van der Waals surface area contributed by atoms with Gasteiger partial charge in [0.25, 0.3) is 0 Å². The van der Waals surface area contributed by atoms with E-state index in [1.54, 1.807) is 0 Å². The Hall–Kier alpha value is -1.20. The fourth-order valence-electron chi connectivity index (χ4n) is 0.949. The molecule has 0 amide bonds. The summed E-state index contributed by atoms with van der Waals surface area (Å²) in [6, 6.07) is 2.45. The first kappa shape index (κ1) is 10.9. The Morgan fingerprint density at radius 3 is 2.14 bits per heavy atom. The number of aromatic nitrogens is 1. The first-order valence-electron chi connectivity index (χ1n) is 3.63. The largest absolute Gasteiger partial charge is 0.459 e. The molecule has 0 saturated carbocycles. The summed E-state index contributed by atoms with van der Waals surface area (Å²) in [5, 5.41) is 0. The van der Waals surface area contributed by atoms with Crippen LogP contribution in [-0.2, 0) is 5.92 Å². The molecule has 6 heteroatoms. The number of nitrogens with zero attached hydrogens (tertiary/aromatic N) is 1. The van der Waals surface area contributed by atoms with Crippen LogP contribution in [0.2, 0.25) is 0 Å². The van der Waals surface area contributed by atoms with Crippen molar-refractivity contribution in [2.45, 2.75) is 19.0 Å². The fourth-order valence-corrected chi connectivity index (χ4v) is 0.949. The fraction of sp³-hybridized carbons (Fsp3) is 0.375. The lowest BCUT2D eigenvalue weighted by Gasteiger charge is -2.20. The maximum Gasteiger partial charge on any atom is 0.459 e. The van der Waals surface area contributed by atoms with E-state index in [2.05, 4.69) is 4.98 Å². The molecule has 0 bridgehead atoms. The summed E-state index contributed by atoms with van der Waals surface area (Å²) in [7, 11) is 0. The summed E-state index contributed by atoms with van der Waals surface area (Å²) in [5.74, 6) is -4.89. The van der Waals surface area contributed by atoms with Crippen molar-refractivity contribution >= 4 is 0 Å². The average Bonchev–Trinajstić information content (AvgIpc) is 2.02. The zero-order valence-electron chi connectivity index (χ0n) is 7.07. The molecule has 78 valence electrons. The molecule has 0 spiro atoms. The highest BCUT2D eigenvalue weighted by Gasteiger charge is 2.60. The van der Waals surface area contributed by atoms with E-state index in [1.807, 2.05) is 0 Å². The minimum atomic E-state index is -5.61. The van der Waals surface area contributed by atoms with Gasteiger partial charge in [-0.05, 0) is 18.6 Å². The molecular formula is C8H6F5N. The van der Waals surface area contributed by atoms with Gasteiger partial charge in [0, 0.05) is 6.20 Å². The van der Waals surface area contributed by atoms with Gasteiger partial charge in [-0.1, -0.05) is 6.07 Å². The molecule has 1 nitrogen and oxygen atoms in total. The van der Waals surface area contributed by atoms with E-state index in [0.717, 1.165) is 19.2 Å². The summed E-state index contributed by atoms with van der Waals surface area (Å²) in [4.78, 5) is 3.05. The van der Waals surface area contributed by atoms with Gasteiger partial charge >= 0.3 is 12.1 Å². The molecule has 1 heterocycles. The lowest BCUT2D eigenvalue weighted by Crippen LogP contribution is -2.35. The number of halogens is 5. The zero-order chi connectivity index (χ0) is 11.0. The quantitative estimate of drug-likeness (QED) is 0.650. The SMILES string of the molecule is Cc1cccnc1C(F)(F)C(F)(F)F. The van der Waals surface area contributed by atoms with Crippen molar-refractivity contribution in [2.75, 3.05) is 0 Å². The number of pyridine rings is 1. The molecule has 14 heavy (non-hydrogen) atoms. The number of hydrogen-bond donors (Lipinski definition) is 0. The second kappa shape index (κ2) is 3.18. The third-order valence-electron chi connectivity index (χ3n) is 1.66. The van der Waals surface area contributed by atoms with Crippen LogP contribution in [0, 0.1) is 6.92 Å². The Kier molecular flexibility index (Phi) is 2.47. The normalized spacial score (nSPS) is 13.0. The number of hydrogen-bond acceptors (Lipinski definition) is 1. The first-order valence-corrected chi connectivity index (χ1v) is 3.63. The summed E-state index contributed by atoms with van der Waals surface area (Å²) in [5.41, 5.74) is -1.43. The van der Waals surface area contributed by atoms with Crippen LogP contribution in [0.5, 0.6) is 0 Å². The van der Waals surface area contributed by atoms with Crippen molar-refractivity contribution in [1.82, 2.24) is 4.98 Å². The first-order chi connectivity index (χ1) is 6.27. The second-order valence-corrected chi connectivity index (χ2v) is 2.74. The molecule has 0 aromatic carbocycles. The van der Waals surface area contributed by atoms with Crippen LogP contribution in [0.3, 0.4) is 0 Å².